The van der Waals surface area contributed by atoms with E-state index in [9.17, 15) is 14.7 Å². The van der Waals surface area contributed by atoms with Crippen LogP contribution in [0.1, 0.15) is 31.7 Å². The van der Waals surface area contributed by atoms with Crippen LogP contribution in [0.5, 0.6) is 0 Å². The summed E-state index contributed by atoms with van der Waals surface area (Å²) in [7, 11) is 1.35. The predicted octanol–water partition coefficient (Wildman–Crippen LogP) is 2.28. The quantitative estimate of drug-likeness (QED) is 0.778. The SMILES string of the molecule is CCCC[C@@H](C(=O)O)[C@@H]1OC(OC)(c2ccccc2)OC1=O. The van der Waals surface area contributed by atoms with Gasteiger partial charge >= 0.3 is 17.9 Å². The Morgan fingerprint density at radius 2 is 2.09 bits per heavy atom. The number of hydrogen-bond donors (Lipinski definition) is 1. The lowest BCUT2D eigenvalue weighted by atomic mass is 9.96. The monoisotopic (exact) mass is 308 g/mol. The van der Waals surface area contributed by atoms with Crippen LogP contribution in [0.3, 0.4) is 0 Å². The van der Waals surface area contributed by atoms with E-state index in [0.717, 1.165) is 6.42 Å². The Kier molecular flexibility index (Phi) is 5.15. The highest BCUT2D eigenvalue weighted by Crippen LogP contribution is 2.38. The maximum atomic E-state index is 12.1. The highest BCUT2D eigenvalue weighted by atomic mass is 16.9. The summed E-state index contributed by atoms with van der Waals surface area (Å²) in [5, 5.41) is 9.36. The number of benzene rings is 1. The summed E-state index contributed by atoms with van der Waals surface area (Å²) in [5.74, 6) is -4.42. The zero-order chi connectivity index (χ0) is 16.2. The molecule has 6 heteroatoms. The van der Waals surface area contributed by atoms with E-state index in [0.29, 0.717) is 18.4 Å². The number of ether oxygens (including phenoxy) is 3. The van der Waals surface area contributed by atoms with Gasteiger partial charge in [-0.2, -0.15) is 0 Å². The lowest BCUT2D eigenvalue weighted by Gasteiger charge is -2.25. The Bertz CT molecular complexity index is 529. The first-order valence-electron chi connectivity index (χ1n) is 7.28. The molecule has 0 radical (unpaired) electrons. The highest BCUT2D eigenvalue weighted by Gasteiger charge is 2.54. The molecule has 1 aliphatic heterocycles. The van der Waals surface area contributed by atoms with Crippen LogP contribution in [0.25, 0.3) is 0 Å². The van der Waals surface area contributed by atoms with E-state index in [4.69, 9.17) is 14.2 Å². The molecule has 0 saturated carbocycles. The largest absolute Gasteiger partial charge is 0.481 e. The molecule has 0 bridgehead atoms. The topological polar surface area (TPSA) is 82.1 Å². The number of carbonyl (C=O) groups is 2. The molecule has 1 aliphatic rings. The van der Waals surface area contributed by atoms with Crippen LogP contribution in [0, 0.1) is 5.92 Å². The standard InChI is InChI=1S/C16H20O6/c1-3-4-10-12(14(17)18)13-15(19)22-16(20-2,21-13)11-8-6-5-7-9-11/h5-9,12-13H,3-4,10H2,1-2H3,(H,17,18)/t12-,13+,16?/m1/s1. The number of carbonyl (C=O) groups excluding carboxylic acids is 1. The van der Waals surface area contributed by atoms with Gasteiger partial charge in [0.25, 0.3) is 0 Å². The average molecular weight is 308 g/mol. The van der Waals surface area contributed by atoms with Gasteiger partial charge in [-0.25, -0.2) is 4.79 Å². The summed E-state index contributed by atoms with van der Waals surface area (Å²) in [4.78, 5) is 23.6. The molecule has 6 nitrogen and oxygen atoms in total. The number of carboxylic acids is 1. The summed E-state index contributed by atoms with van der Waals surface area (Å²) in [6.07, 6.45) is 0.694. The number of carboxylic acid groups (broad SMARTS) is 1. The number of rotatable bonds is 7. The molecular weight excluding hydrogens is 288 g/mol. The van der Waals surface area contributed by atoms with Crippen molar-refractivity contribution in [1.29, 1.82) is 0 Å². The van der Waals surface area contributed by atoms with Crippen molar-refractivity contribution in [2.75, 3.05) is 7.11 Å². The Balaban J connectivity index is 2.26. The summed E-state index contributed by atoms with van der Waals surface area (Å²) >= 11 is 0. The van der Waals surface area contributed by atoms with Crippen molar-refractivity contribution in [2.24, 2.45) is 5.92 Å². The third-order valence-corrected chi connectivity index (χ3v) is 3.70. The van der Waals surface area contributed by atoms with Gasteiger partial charge in [-0.1, -0.05) is 38.0 Å². The molecular formula is C16H20O6. The van der Waals surface area contributed by atoms with E-state index in [1.807, 2.05) is 13.0 Å². The molecule has 1 N–H and O–H groups in total. The number of aliphatic carboxylic acids is 1. The van der Waals surface area contributed by atoms with Crippen molar-refractivity contribution in [3.8, 4) is 0 Å². The summed E-state index contributed by atoms with van der Waals surface area (Å²) in [6.45, 7) is 1.95. The van der Waals surface area contributed by atoms with Crippen LogP contribution in [0.4, 0.5) is 0 Å². The van der Waals surface area contributed by atoms with Gasteiger partial charge in [-0.05, 0) is 18.6 Å². The lowest BCUT2D eigenvalue weighted by Crippen LogP contribution is -2.35. The minimum absolute atomic E-state index is 0.347. The van der Waals surface area contributed by atoms with Gasteiger partial charge in [0.1, 0.15) is 0 Å². The van der Waals surface area contributed by atoms with E-state index in [-0.39, 0.29) is 0 Å². The van der Waals surface area contributed by atoms with E-state index < -0.39 is 29.9 Å². The molecule has 1 aromatic rings. The smallest absolute Gasteiger partial charge is 0.359 e. The third kappa shape index (κ3) is 3.13. The summed E-state index contributed by atoms with van der Waals surface area (Å²) in [6, 6.07) is 8.71. The minimum Gasteiger partial charge on any atom is -0.481 e. The van der Waals surface area contributed by atoms with Crippen LogP contribution in [-0.4, -0.2) is 30.3 Å². The molecule has 0 spiro atoms. The Hall–Kier alpha value is -1.92. The van der Waals surface area contributed by atoms with E-state index >= 15 is 0 Å². The molecule has 22 heavy (non-hydrogen) atoms. The second kappa shape index (κ2) is 6.89. The van der Waals surface area contributed by atoms with Crippen LogP contribution in [-0.2, 0) is 29.8 Å². The second-order valence-electron chi connectivity index (χ2n) is 5.17. The zero-order valence-electron chi connectivity index (χ0n) is 12.7. The van der Waals surface area contributed by atoms with E-state index in [2.05, 4.69) is 0 Å². The minimum atomic E-state index is -1.68. The average Bonchev–Trinajstić information content (AvgIpc) is 2.87. The van der Waals surface area contributed by atoms with Crippen molar-refractivity contribution >= 4 is 11.9 Å². The first-order chi connectivity index (χ1) is 10.5. The van der Waals surface area contributed by atoms with Crippen molar-refractivity contribution < 1.29 is 28.9 Å². The van der Waals surface area contributed by atoms with E-state index in [1.165, 1.54) is 7.11 Å². The fraction of sp³-hybridized carbons (Fsp3) is 0.500. The van der Waals surface area contributed by atoms with Crippen molar-refractivity contribution in [1.82, 2.24) is 0 Å². The maximum Gasteiger partial charge on any atom is 0.359 e. The second-order valence-corrected chi connectivity index (χ2v) is 5.17. The van der Waals surface area contributed by atoms with Crippen LogP contribution in [0.15, 0.2) is 30.3 Å². The maximum absolute atomic E-state index is 12.1. The molecule has 3 atom stereocenters. The third-order valence-electron chi connectivity index (χ3n) is 3.70. The molecule has 1 unspecified atom stereocenters. The fourth-order valence-corrected chi connectivity index (χ4v) is 2.48. The van der Waals surface area contributed by atoms with Gasteiger partial charge in [0, 0.05) is 7.11 Å². The molecule has 2 rings (SSSR count). The molecule has 1 fully saturated rings. The number of cyclic esters (lactones) is 1. The molecule has 120 valence electrons. The Morgan fingerprint density at radius 3 is 2.64 bits per heavy atom. The van der Waals surface area contributed by atoms with Crippen LogP contribution in [0.2, 0.25) is 0 Å². The normalized spacial score (nSPS) is 25.7. The number of unbranched alkanes of at least 4 members (excludes halogenated alkanes) is 1. The van der Waals surface area contributed by atoms with Gasteiger partial charge < -0.3 is 14.6 Å². The predicted molar refractivity (Wildman–Crippen MR) is 76.7 cm³/mol. The molecule has 0 aliphatic carbocycles. The highest BCUT2D eigenvalue weighted by molar-refractivity contribution is 5.84. The number of esters is 1. The van der Waals surface area contributed by atoms with Crippen molar-refractivity contribution in [2.45, 2.75) is 38.3 Å². The fourth-order valence-electron chi connectivity index (χ4n) is 2.48. The van der Waals surface area contributed by atoms with Crippen molar-refractivity contribution in [3.05, 3.63) is 35.9 Å². The van der Waals surface area contributed by atoms with Crippen molar-refractivity contribution in [3.63, 3.8) is 0 Å². The molecule has 0 aromatic heterocycles. The molecule has 0 amide bonds. The lowest BCUT2D eigenvalue weighted by molar-refractivity contribution is -0.335. The van der Waals surface area contributed by atoms with Gasteiger partial charge in [0.2, 0.25) is 0 Å². The number of methoxy groups -OCH3 is 1. The number of hydrogen-bond acceptors (Lipinski definition) is 5. The van der Waals surface area contributed by atoms with Gasteiger partial charge in [-0.3, -0.25) is 9.53 Å². The van der Waals surface area contributed by atoms with Crippen LogP contribution < -0.4 is 0 Å². The van der Waals surface area contributed by atoms with E-state index in [1.54, 1.807) is 24.3 Å². The molecule has 1 aromatic carbocycles. The molecule has 1 saturated heterocycles. The molecule has 1 heterocycles. The zero-order valence-corrected chi connectivity index (χ0v) is 12.7. The first kappa shape index (κ1) is 16.5. The first-order valence-corrected chi connectivity index (χ1v) is 7.28. The summed E-state index contributed by atoms with van der Waals surface area (Å²) < 4.78 is 16.2. The van der Waals surface area contributed by atoms with Gasteiger partial charge in [-0.15, -0.1) is 0 Å². The Labute approximate surface area is 129 Å². The van der Waals surface area contributed by atoms with Crippen LogP contribution >= 0.6 is 0 Å². The Morgan fingerprint density at radius 1 is 1.41 bits per heavy atom. The summed E-state index contributed by atoms with van der Waals surface area (Å²) in [5.41, 5.74) is 0.507. The van der Waals surface area contributed by atoms with Gasteiger partial charge in [0.15, 0.2) is 6.10 Å². The van der Waals surface area contributed by atoms with Gasteiger partial charge in [0.05, 0.1) is 11.5 Å².